The van der Waals surface area contributed by atoms with Gasteiger partial charge in [-0.2, -0.15) is 0 Å². The number of hydrogen-bond acceptors (Lipinski definition) is 6. The fourth-order valence-electron chi connectivity index (χ4n) is 4.60. The van der Waals surface area contributed by atoms with E-state index in [1.165, 1.54) is 19.2 Å². The van der Waals surface area contributed by atoms with E-state index in [4.69, 9.17) is 4.74 Å². The highest BCUT2D eigenvalue weighted by atomic mass is 32.2. The third-order valence-electron chi connectivity index (χ3n) is 6.72. The molecule has 9 heteroatoms. The van der Waals surface area contributed by atoms with Gasteiger partial charge in [0.05, 0.1) is 7.11 Å². The Balaban J connectivity index is 1.51. The molecular formula is C25H34N4O4S. The Kier molecular flexibility index (Phi) is 7.45. The van der Waals surface area contributed by atoms with E-state index in [1.807, 2.05) is 19.1 Å². The lowest BCUT2D eigenvalue weighted by Crippen LogP contribution is -2.44. The van der Waals surface area contributed by atoms with Crippen LogP contribution >= 0.6 is 0 Å². The number of nitrogens with zero attached hydrogens (tertiary/aromatic N) is 2. The molecule has 1 saturated heterocycles. The van der Waals surface area contributed by atoms with Crippen molar-refractivity contribution in [3.8, 4) is 5.75 Å². The van der Waals surface area contributed by atoms with Crippen molar-refractivity contribution in [2.24, 2.45) is 0 Å². The minimum absolute atomic E-state index is 0.0170. The van der Waals surface area contributed by atoms with E-state index in [0.29, 0.717) is 5.69 Å². The standard InChI is InChI=1S/C25H34N4O4S/c1-18-16-21(29-14-12-28(2)13-15-29)9-10-22(18)26-25(30)19-8-11-23(33-3)24(17-19)34(31,32)27-20-6-4-5-7-20/h8-11,16-17,20,27H,4-7,12-15H2,1-3H3,(H,26,30). The maximum atomic E-state index is 13.0. The van der Waals surface area contributed by atoms with Gasteiger partial charge in [0, 0.05) is 49.2 Å². The molecule has 2 aromatic carbocycles. The monoisotopic (exact) mass is 486 g/mol. The number of benzene rings is 2. The molecule has 0 spiro atoms. The highest BCUT2D eigenvalue weighted by Gasteiger charge is 2.27. The van der Waals surface area contributed by atoms with Gasteiger partial charge in [0.25, 0.3) is 5.91 Å². The summed E-state index contributed by atoms with van der Waals surface area (Å²) >= 11 is 0. The van der Waals surface area contributed by atoms with Gasteiger partial charge >= 0.3 is 0 Å². The summed E-state index contributed by atoms with van der Waals surface area (Å²) in [4.78, 5) is 17.7. The van der Waals surface area contributed by atoms with E-state index in [9.17, 15) is 13.2 Å². The number of piperazine rings is 1. The first-order valence-corrected chi connectivity index (χ1v) is 13.3. The molecule has 184 valence electrons. The molecule has 0 atom stereocenters. The van der Waals surface area contributed by atoms with Gasteiger partial charge in [0.1, 0.15) is 10.6 Å². The largest absolute Gasteiger partial charge is 0.495 e. The predicted octanol–water partition coefficient (Wildman–Crippen LogP) is 3.23. The number of likely N-dealkylation sites (N-methyl/N-ethyl adjacent to an activating group) is 1. The highest BCUT2D eigenvalue weighted by Crippen LogP contribution is 2.28. The Morgan fingerprint density at radius 3 is 2.38 bits per heavy atom. The van der Waals surface area contributed by atoms with Gasteiger partial charge in [-0.3, -0.25) is 4.79 Å². The molecule has 1 saturated carbocycles. The van der Waals surface area contributed by atoms with Crippen LogP contribution in [0.3, 0.4) is 0 Å². The van der Waals surface area contributed by atoms with Crippen LogP contribution < -0.4 is 19.7 Å². The zero-order valence-electron chi connectivity index (χ0n) is 20.1. The molecule has 2 N–H and O–H groups in total. The molecule has 0 unspecified atom stereocenters. The van der Waals surface area contributed by atoms with Crippen LogP contribution in [0.5, 0.6) is 5.75 Å². The van der Waals surface area contributed by atoms with Crippen molar-refractivity contribution in [1.82, 2.24) is 9.62 Å². The van der Waals surface area contributed by atoms with Crippen LogP contribution in [0.4, 0.5) is 11.4 Å². The first-order chi connectivity index (χ1) is 16.3. The smallest absolute Gasteiger partial charge is 0.255 e. The number of nitrogens with one attached hydrogen (secondary N) is 2. The Bertz CT molecular complexity index is 1140. The van der Waals surface area contributed by atoms with E-state index >= 15 is 0 Å². The van der Waals surface area contributed by atoms with Crippen LogP contribution in [-0.4, -0.2) is 65.6 Å². The number of rotatable bonds is 7. The van der Waals surface area contributed by atoms with Crippen LogP contribution in [0.1, 0.15) is 41.6 Å². The van der Waals surface area contributed by atoms with E-state index in [0.717, 1.165) is 63.1 Å². The molecule has 2 aliphatic rings. The fraction of sp³-hybridized carbons (Fsp3) is 0.480. The average molecular weight is 487 g/mol. The second-order valence-corrected chi connectivity index (χ2v) is 10.9. The summed E-state index contributed by atoms with van der Waals surface area (Å²) in [7, 11) is -0.257. The number of sulfonamides is 1. The van der Waals surface area contributed by atoms with Crippen LogP contribution in [0.2, 0.25) is 0 Å². The molecule has 34 heavy (non-hydrogen) atoms. The Hall–Kier alpha value is -2.62. The SMILES string of the molecule is COc1ccc(C(=O)Nc2ccc(N3CCN(C)CC3)cc2C)cc1S(=O)(=O)NC1CCCC1. The van der Waals surface area contributed by atoms with E-state index < -0.39 is 10.0 Å². The number of carbonyl (C=O) groups excluding carboxylic acids is 1. The molecule has 1 aliphatic heterocycles. The molecule has 2 aromatic rings. The van der Waals surface area contributed by atoms with Crippen molar-refractivity contribution in [2.45, 2.75) is 43.5 Å². The topological polar surface area (TPSA) is 91.0 Å². The first-order valence-electron chi connectivity index (χ1n) is 11.8. The summed E-state index contributed by atoms with van der Waals surface area (Å²) in [6.45, 7) is 5.95. The first kappa shape index (κ1) is 24.5. The minimum Gasteiger partial charge on any atom is -0.495 e. The van der Waals surface area contributed by atoms with Crippen molar-refractivity contribution in [3.05, 3.63) is 47.5 Å². The van der Waals surface area contributed by atoms with Crippen LogP contribution in [0.15, 0.2) is 41.3 Å². The lowest BCUT2D eigenvalue weighted by Gasteiger charge is -2.34. The summed E-state index contributed by atoms with van der Waals surface area (Å²) in [5, 5.41) is 2.93. The van der Waals surface area contributed by atoms with Crippen molar-refractivity contribution < 1.29 is 17.9 Å². The Morgan fingerprint density at radius 2 is 1.74 bits per heavy atom. The zero-order chi connectivity index (χ0) is 24.3. The average Bonchev–Trinajstić information content (AvgIpc) is 3.32. The summed E-state index contributed by atoms with van der Waals surface area (Å²) in [5.74, 6) is -0.148. The number of carbonyl (C=O) groups is 1. The quantitative estimate of drug-likeness (QED) is 0.625. The minimum atomic E-state index is -3.81. The van der Waals surface area contributed by atoms with Gasteiger partial charge in [-0.05, 0) is 68.8 Å². The van der Waals surface area contributed by atoms with Gasteiger partial charge in [-0.25, -0.2) is 13.1 Å². The van der Waals surface area contributed by atoms with Gasteiger partial charge < -0.3 is 19.9 Å². The molecule has 1 aliphatic carbocycles. The molecule has 1 amide bonds. The van der Waals surface area contributed by atoms with Gasteiger partial charge in [-0.15, -0.1) is 0 Å². The number of aryl methyl sites for hydroxylation is 1. The number of amides is 1. The molecule has 8 nitrogen and oxygen atoms in total. The summed E-state index contributed by atoms with van der Waals surface area (Å²) in [6.07, 6.45) is 3.68. The molecule has 2 fully saturated rings. The zero-order valence-corrected chi connectivity index (χ0v) is 21.0. The molecular weight excluding hydrogens is 452 g/mol. The second-order valence-electron chi connectivity index (χ2n) is 9.21. The van der Waals surface area contributed by atoms with Crippen LogP contribution in [-0.2, 0) is 10.0 Å². The number of ether oxygens (including phenoxy) is 1. The van der Waals surface area contributed by atoms with E-state index in [-0.39, 0.29) is 28.2 Å². The lowest BCUT2D eigenvalue weighted by molar-refractivity contribution is 0.102. The molecule has 0 bridgehead atoms. The summed E-state index contributed by atoms with van der Waals surface area (Å²) in [6, 6.07) is 10.4. The van der Waals surface area contributed by atoms with Crippen molar-refractivity contribution in [3.63, 3.8) is 0 Å². The summed E-state index contributed by atoms with van der Waals surface area (Å²) < 4.78 is 34.1. The van der Waals surface area contributed by atoms with E-state index in [2.05, 4.69) is 33.0 Å². The van der Waals surface area contributed by atoms with Crippen molar-refractivity contribution >= 4 is 27.3 Å². The van der Waals surface area contributed by atoms with Gasteiger partial charge in [-0.1, -0.05) is 12.8 Å². The number of methoxy groups -OCH3 is 1. The fourth-order valence-corrected chi connectivity index (χ4v) is 6.10. The lowest BCUT2D eigenvalue weighted by atomic mass is 10.1. The Labute approximate surface area is 202 Å². The maximum absolute atomic E-state index is 13.0. The van der Waals surface area contributed by atoms with Crippen molar-refractivity contribution in [2.75, 3.05) is 50.6 Å². The van der Waals surface area contributed by atoms with E-state index in [1.54, 1.807) is 6.07 Å². The third kappa shape index (κ3) is 5.54. The number of anilines is 2. The van der Waals surface area contributed by atoms with Gasteiger partial charge in [0.2, 0.25) is 10.0 Å². The Morgan fingerprint density at radius 1 is 1.03 bits per heavy atom. The number of hydrogen-bond donors (Lipinski definition) is 2. The highest BCUT2D eigenvalue weighted by molar-refractivity contribution is 7.89. The van der Waals surface area contributed by atoms with Crippen LogP contribution in [0, 0.1) is 6.92 Å². The van der Waals surface area contributed by atoms with Gasteiger partial charge in [0.15, 0.2) is 0 Å². The third-order valence-corrected chi connectivity index (χ3v) is 8.26. The molecule has 0 aromatic heterocycles. The maximum Gasteiger partial charge on any atom is 0.255 e. The molecule has 1 heterocycles. The second kappa shape index (κ2) is 10.3. The predicted molar refractivity (Wildman–Crippen MR) is 134 cm³/mol. The molecule has 0 radical (unpaired) electrons. The van der Waals surface area contributed by atoms with Crippen LogP contribution in [0.25, 0.3) is 0 Å². The normalized spacial score (nSPS) is 17.7. The summed E-state index contributed by atoms with van der Waals surface area (Å²) in [5.41, 5.74) is 3.05. The van der Waals surface area contributed by atoms with Crippen molar-refractivity contribution in [1.29, 1.82) is 0 Å². The molecule has 4 rings (SSSR count).